The molecule has 0 bridgehead atoms. The average molecular weight is 531 g/mol. The lowest BCUT2D eigenvalue weighted by molar-refractivity contribution is -0.192. The van der Waals surface area contributed by atoms with Crippen LogP contribution in [0.2, 0.25) is 0 Å². The van der Waals surface area contributed by atoms with Crippen LogP contribution >= 0.6 is 0 Å². The van der Waals surface area contributed by atoms with Crippen LogP contribution in [-0.2, 0) is 24.4 Å². The number of fused-ring (bicyclic) bond motifs is 3. The predicted molar refractivity (Wildman–Crippen MR) is 128 cm³/mol. The number of rotatable bonds is 4. The molecule has 200 valence electrons. The van der Waals surface area contributed by atoms with Gasteiger partial charge in [-0.15, -0.1) is 0 Å². The Morgan fingerprint density at radius 2 is 1.89 bits per heavy atom. The largest absolute Gasteiger partial charge is 0.490 e. The minimum atomic E-state index is -5.08. The molecule has 4 aromatic heterocycles. The fourth-order valence-corrected chi connectivity index (χ4v) is 4.13. The number of aliphatic carboxylic acids is 1. The molecule has 1 N–H and O–H groups in total. The number of oxazole rings is 1. The number of carboxylic acids is 1. The predicted octanol–water partition coefficient (Wildman–Crippen LogP) is 4.46. The van der Waals surface area contributed by atoms with E-state index < -0.39 is 12.1 Å². The Balaban J connectivity index is 0.000000426. The highest BCUT2D eigenvalue weighted by molar-refractivity contribution is 5.92. The van der Waals surface area contributed by atoms with E-state index in [0.717, 1.165) is 28.2 Å². The Morgan fingerprint density at radius 3 is 2.47 bits per heavy atom. The number of carbonyl (C=O) groups excluding carboxylic acids is 1. The van der Waals surface area contributed by atoms with Gasteiger partial charge < -0.3 is 19.0 Å². The van der Waals surface area contributed by atoms with Gasteiger partial charge in [0.15, 0.2) is 6.39 Å². The number of carbonyl (C=O) groups is 2. The number of halogens is 3. The Labute approximate surface area is 215 Å². The molecule has 0 atom stereocenters. The van der Waals surface area contributed by atoms with Gasteiger partial charge >= 0.3 is 12.1 Å². The third-order valence-electron chi connectivity index (χ3n) is 5.89. The van der Waals surface area contributed by atoms with Gasteiger partial charge in [0.25, 0.3) is 5.91 Å². The molecule has 5 heterocycles. The van der Waals surface area contributed by atoms with Crippen molar-refractivity contribution in [1.29, 1.82) is 0 Å². The van der Waals surface area contributed by atoms with Crippen LogP contribution in [0, 0.1) is 6.92 Å². The summed E-state index contributed by atoms with van der Waals surface area (Å²) in [5.74, 6) is -2.64. The number of alkyl halides is 3. The quantitative estimate of drug-likeness (QED) is 0.414. The first-order valence-electron chi connectivity index (χ1n) is 11.6. The van der Waals surface area contributed by atoms with Gasteiger partial charge in [-0.25, -0.2) is 9.78 Å². The van der Waals surface area contributed by atoms with Crippen molar-refractivity contribution in [2.45, 2.75) is 52.6 Å². The molecular formula is C25H25F3N6O4. The van der Waals surface area contributed by atoms with Crippen LogP contribution in [0.3, 0.4) is 0 Å². The molecule has 1 aliphatic rings. The molecule has 13 heteroatoms. The molecule has 0 spiro atoms. The van der Waals surface area contributed by atoms with Crippen LogP contribution in [-0.4, -0.2) is 52.4 Å². The molecule has 0 saturated carbocycles. The highest BCUT2D eigenvalue weighted by Gasteiger charge is 2.38. The minimum Gasteiger partial charge on any atom is -0.475 e. The standard InChI is InChI=1S/C23H24N6O2.C2HF3O2/c1-15(2)29-9-7-19-20(29)13-27(23(30)22-16(3)25-14-31-22)10-17-11-28(26-21(17)19)12-18-6-4-5-8-24-18;3-2(4,5)1(6)7/h4-9,11,14-15H,10,12-13H2,1-3H3;(H,6,7). The topological polar surface area (TPSA) is 119 Å². The van der Waals surface area contributed by atoms with Crippen molar-refractivity contribution in [2.24, 2.45) is 0 Å². The van der Waals surface area contributed by atoms with Crippen LogP contribution in [0.5, 0.6) is 0 Å². The number of hydrogen-bond donors (Lipinski definition) is 1. The van der Waals surface area contributed by atoms with Crippen molar-refractivity contribution in [1.82, 2.24) is 29.2 Å². The second-order valence-corrected chi connectivity index (χ2v) is 8.93. The summed E-state index contributed by atoms with van der Waals surface area (Å²) < 4.78 is 41.2. The Bertz CT molecular complexity index is 1440. The maximum absolute atomic E-state index is 13.3. The summed E-state index contributed by atoms with van der Waals surface area (Å²) in [6.07, 6.45) is 2.10. The van der Waals surface area contributed by atoms with E-state index in [4.69, 9.17) is 19.4 Å². The van der Waals surface area contributed by atoms with Crippen molar-refractivity contribution in [3.05, 3.63) is 77.7 Å². The van der Waals surface area contributed by atoms with E-state index in [-0.39, 0.29) is 17.7 Å². The molecule has 10 nitrogen and oxygen atoms in total. The number of pyridine rings is 1. The van der Waals surface area contributed by atoms with Crippen molar-refractivity contribution >= 4 is 11.9 Å². The third kappa shape index (κ3) is 5.61. The molecule has 0 radical (unpaired) electrons. The first-order chi connectivity index (χ1) is 18.0. The van der Waals surface area contributed by atoms with Gasteiger partial charge in [0.2, 0.25) is 5.76 Å². The molecular weight excluding hydrogens is 505 g/mol. The van der Waals surface area contributed by atoms with E-state index >= 15 is 0 Å². The molecule has 0 fully saturated rings. The number of aryl methyl sites for hydroxylation is 1. The first kappa shape index (κ1) is 26.6. The van der Waals surface area contributed by atoms with Gasteiger partial charge in [-0.05, 0) is 39.0 Å². The van der Waals surface area contributed by atoms with Gasteiger partial charge in [-0.1, -0.05) is 6.07 Å². The fourth-order valence-electron chi connectivity index (χ4n) is 4.13. The molecule has 1 amide bonds. The Kier molecular flexibility index (Phi) is 7.37. The molecule has 0 unspecified atom stereocenters. The summed E-state index contributed by atoms with van der Waals surface area (Å²) in [4.78, 5) is 32.5. The van der Waals surface area contributed by atoms with Crippen LogP contribution in [0.4, 0.5) is 13.2 Å². The number of amides is 1. The molecule has 1 aliphatic heterocycles. The molecule has 0 aliphatic carbocycles. The van der Waals surface area contributed by atoms with Crippen molar-refractivity contribution < 1.29 is 32.3 Å². The van der Waals surface area contributed by atoms with E-state index in [1.807, 2.05) is 34.0 Å². The van der Waals surface area contributed by atoms with E-state index in [9.17, 15) is 18.0 Å². The van der Waals surface area contributed by atoms with Crippen LogP contribution in [0.1, 0.15) is 53.1 Å². The molecule has 0 saturated heterocycles. The molecule has 4 aromatic rings. The smallest absolute Gasteiger partial charge is 0.475 e. The number of carboxylic acid groups (broad SMARTS) is 1. The normalized spacial score (nSPS) is 12.9. The average Bonchev–Trinajstić information content (AvgIpc) is 3.55. The van der Waals surface area contributed by atoms with Gasteiger partial charge in [-0.3, -0.25) is 14.5 Å². The molecule has 38 heavy (non-hydrogen) atoms. The second kappa shape index (κ2) is 10.5. The van der Waals surface area contributed by atoms with Gasteiger partial charge in [0.05, 0.1) is 36.7 Å². The summed E-state index contributed by atoms with van der Waals surface area (Å²) in [5, 5.41) is 12.0. The molecule has 5 rings (SSSR count). The third-order valence-corrected chi connectivity index (χ3v) is 5.89. The maximum atomic E-state index is 13.3. The highest BCUT2D eigenvalue weighted by atomic mass is 19.4. The second-order valence-electron chi connectivity index (χ2n) is 8.93. The number of nitrogens with zero attached hydrogens (tertiary/aromatic N) is 6. The van der Waals surface area contributed by atoms with Crippen molar-refractivity contribution in [3.63, 3.8) is 0 Å². The lowest BCUT2D eigenvalue weighted by atomic mass is 10.1. The highest BCUT2D eigenvalue weighted by Crippen LogP contribution is 2.34. The summed E-state index contributed by atoms with van der Waals surface area (Å²) >= 11 is 0. The van der Waals surface area contributed by atoms with E-state index in [0.29, 0.717) is 25.3 Å². The lowest BCUT2D eigenvalue weighted by Gasteiger charge is -2.22. The van der Waals surface area contributed by atoms with Crippen molar-refractivity contribution in [3.8, 4) is 11.3 Å². The summed E-state index contributed by atoms with van der Waals surface area (Å²) in [7, 11) is 0. The van der Waals surface area contributed by atoms with E-state index in [2.05, 4.69) is 40.6 Å². The van der Waals surface area contributed by atoms with Gasteiger partial charge in [-0.2, -0.15) is 18.3 Å². The first-order valence-corrected chi connectivity index (χ1v) is 11.6. The van der Waals surface area contributed by atoms with E-state index in [1.165, 1.54) is 6.39 Å². The fraction of sp³-hybridized carbons (Fsp3) is 0.320. The monoisotopic (exact) mass is 530 g/mol. The van der Waals surface area contributed by atoms with Gasteiger partial charge in [0.1, 0.15) is 0 Å². The van der Waals surface area contributed by atoms with Crippen molar-refractivity contribution in [2.75, 3.05) is 0 Å². The van der Waals surface area contributed by atoms with Crippen LogP contribution in [0.15, 0.2) is 53.7 Å². The number of hydrogen-bond acceptors (Lipinski definition) is 6. The lowest BCUT2D eigenvalue weighted by Crippen LogP contribution is -2.30. The Hall–Kier alpha value is -4.42. The Morgan fingerprint density at radius 1 is 1.16 bits per heavy atom. The zero-order chi connectivity index (χ0) is 27.6. The maximum Gasteiger partial charge on any atom is 0.490 e. The minimum absolute atomic E-state index is 0.164. The number of aromatic nitrogens is 5. The molecule has 0 aromatic carbocycles. The zero-order valence-corrected chi connectivity index (χ0v) is 20.8. The summed E-state index contributed by atoms with van der Waals surface area (Å²) in [6.45, 7) is 7.56. The SMILES string of the molecule is Cc1ncoc1C(=O)N1Cc2cn(Cc3ccccn3)nc2-c2ccn(C(C)C)c2C1.O=C(O)C(F)(F)F. The van der Waals surface area contributed by atoms with Crippen LogP contribution < -0.4 is 0 Å². The summed E-state index contributed by atoms with van der Waals surface area (Å²) in [6, 6.07) is 8.22. The zero-order valence-electron chi connectivity index (χ0n) is 20.8. The van der Waals surface area contributed by atoms with Crippen LogP contribution in [0.25, 0.3) is 11.3 Å². The summed E-state index contributed by atoms with van der Waals surface area (Å²) in [5.41, 5.74) is 5.58. The van der Waals surface area contributed by atoms with E-state index in [1.54, 1.807) is 13.1 Å². The van der Waals surface area contributed by atoms with Gasteiger partial charge in [0, 0.05) is 41.5 Å².